The fourth-order valence-electron chi connectivity index (χ4n) is 3.19. The molecule has 0 fully saturated rings. The molecule has 0 bridgehead atoms. The van der Waals surface area contributed by atoms with E-state index in [0.717, 1.165) is 29.0 Å². The Hall–Kier alpha value is -2.46. The van der Waals surface area contributed by atoms with Crippen molar-refractivity contribution in [1.29, 1.82) is 0 Å². The molecular formula is C20H19NO2S. The number of aryl methyl sites for hydroxylation is 1. The molecular weight excluding hydrogens is 318 g/mol. The van der Waals surface area contributed by atoms with Crippen LogP contribution in [0.4, 0.5) is 5.69 Å². The monoisotopic (exact) mass is 337 g/mol. The molecule has 4 heteroatoms. The molecule has 1 atom stereocenters. The van der Waals surface area contributed by atoms with E-state index in [2.05, 4.69) is 23.7 Å². The van der Waals surface area contributed by atoms with E-state index in [4.69, 9.17) is 4.74 Å². The molecule has 1 aliphatic rings. The van der Waals surface area contributed by atoms with Crippen LogP contribution in [0.2, 0.25) is 0 Å². The number of benzene rings is 2. The van der Waals surface area contributed by atoms with Crippen LogP contribution in [0.5, 0.6) is 11.5 Å². The fourth-order valence-corrected chi connectivity index (χ4v) is 4.22. The van der Waals surface area contributed by atoms with E-state index >= 15 is 0 Å². The van der Waals surface area contributed by atoms with Gasteiger partial charge in [0.15, 0.2) is 0 Å². The summed E-state index contributed by atoms with van der Waals surface area (Å²) in [6.45, 7) is 2.79. The normalized spacial score (nSPS) is 16.1. The Morgan fingerprint density at radius 3 is 2.92 bits per heavy atom. The number of para-hydroxylation sites is 1. The number of hydrogen-bond acceptors (Lipinski definition) is 4. The van der Waals surface area contributed by atoms with Gasteiger partial charge in [0.25, 0.3) is 0 Å². The number of hydrogen-bond donors (Lipinski definition) is 2. The summed E-state index contributed by atoms with van der Waals surface area (Å²) in [5.41, 5.74) is 4.34. The lowest BCUT2D eigenvalue weighted by Gasteiger charge is -2.29. The third-order valence-electron chi connectivity index (χ3n) is 4.37. The number of thiophene rings is 1. The van der Waals surface area contributed by atoms with Gasteiger partial charge < -0.3 is 15.2 Å². The lowest BCUT2D eigenvalue weighted by molar-refractivity contribution is 0.289. The van der Waals surface area contributed by atoms with Crippen LogP contribution in [-0.2, 0) is 6.42 Å². The van der Waals surface area contributed by atoms with Gasteiger partial charge in [0.2, 0.25) is 0 Å². The highest BCUT2D eigenvalue weighted by molar-refractivity contribution is 7.10. The van der Waals surface area contributed by atoms with Crippen molar-refractivity contribution in [3.05, 3.63) is 64.4 Å². The Morgan fingerprint density at radius 1 is 1.21 bits per heavy atom. The fraction of sp³-hybridized carbons (Fsp3) is 0.200. The Labute approximate surface area is 145 Å². The molecule has 0 saturated carbocycles. The van der Waals surface area contributed by atoms with Crippen molar-refractivity contribution >= 4 is 17.0 Å². The largest absolute Gasteiger partial charge is 0.508 e. The van der Waals surface area contributed by atoms with Gasteiger partial charge in [0.1, 0.15) is 18.1 Å². The van der Waals surface area contributed by atoms with Crippen molar-refractivity contribution in [2.75, 3.05) is 11.9 Å². The van der Waals surface area contributed by atoms with Gasteiger partial charge in [-0.1, -0.05) is 31.2 Å². The lowest BCUT2D eigenvalue weighted by Crippen LogP contribution is -2.24. The van der Waals surface area contributed by atoms with Crippen LogP contribution in [0.1, 0.15) is 23.4 Å². The standard InChI is InChI=1S/C20H19NO2S/c1-2-13-9-10-24-20(13)18-12-23-19-16(7-4-8-17(19)21-18)14-5-3-6-15(22)11-14/h3-11,18,21-22H,2,12H2,1H3. The maximum absolute atomic E-state index is 9.75. The summed E-state index contributed by atoms with van der Waals surface area (Å²) >= 11 is 1.78. The van der Waals surface area contributed by atoms with Crippen LogP contribution in [0, 0.1) is 0 Å². The molecule has 2 aromatic carbocycles. The van der Waals surface area contributed by atoms with Crippen LogP contribution < -0.4 is 10.1 Å². The number of ether oxygens (including phenoxy) is 1. The molecule has 1 aromatic heterocycles. The van der Waals surface area contributed by atoms with Gasteiger partial charge in [-0.3, -0.25) is 0 Å². The van der Waals surface area contributed by atoms with Crippen LogP contribution in [0.25, 0.3) is 11.1 Å². The van der Waals surface area contributed by atoms with E-state index in [1.807, 2.05) is 30.3 Å². The molecule has 1 unspecified atom stereocenters. The van der Waals surface area contributed by atoms with Crippen molar-refractivity contribution in [1.82, 2.24) is 0 Å². The van der Waals surface area contributed by atoms with E-state index in [1.54, 1.807) is 23.5 Å². The second kappa shape index (κ2) is 6.21. The zero-order chi connectivity index (χ0) is 16.5. The van der Waals surface area contributed by atoms with Crippen LogP contribution >= 0.6 is 11.3 Å². The molecule has 3 nitrogen and oxygen atoms in total. The predicted molar refractivity (Wildman–Crippen MR) is 99.1 cm³/mol. The second-order valence-corrected chi connectivity index (χ2v) is 6.85. The molecule has 0 spiro atoms. The molecule has 4 rings (SSSR count). The van der Waals surface area contributed by atoms with Gasteiger partial charge in [-0.2, -0.15) is 0 Å². The van der Waals surface area contributed by atoms with Gasteiger partial charge in [0.05, 0.1) is 11.7 Å². The van der Waals surface area contributed by atoms with Crippen molar-refractivity contribution in [3.63, 3.8) is 0 Å². The molecule has 24 heavy (non-hydrogen) atoms. The first-order valence-electron chi connectivity index (χ1n) is 8.14. The molecule has 3 aromatic rings. The molecule has 122 valence electrons. The summed E-state index contributed by atoms with van der Waals surface area (Å²) in [5.74, 6) is 1.12. The van der Waals surface area contributed by atoms with Crippen molar-refractivity contribution in [2.45, 2.75) is 19.4 Å². The minimum Gasteiger partial charge on any atom is -0.508 e. The van der Waals surface area contributed by atoms with E-state index in [1.165, 1.54) is 10.4 Å². The molecule has 2 heterocycles. The first-order valence-corrected chi connectivity index (χ1v) is 9.02. The van der Waals surface area contributed by atoms with E-state index in [0.29, 0.717) is 6.61 Å². The van der Waals surface area contributed by atoms with Gasteiger partial charge in [0, 0.05) is 10.4 Å². The number of phenolic OH excluding ortho intramolecular Hbond substituents is 1. The summed E-state index contributed by atoms with van der Waals surface area (Å²) in [6, 6.07) is 15.8. The molecule has 1 aliphatic heterocycles. The van der Waals surface area contributed by atoms with Crippen molar-refractivity contribution in [2.24, 2.45) is 0 Å². The molecule has 2 N–H and O–H groups in total. The van der Waals surface area contributed by atoms with Crippen molar-refractivity contribution < 1.29 is 9.84 Å². The average Bonchev–Trinajstić information content (AvgIpc) is 3.09. The zero-order valence-corrected chi connectivity index (χ0v) is 14.3. The number of fused-ring (bicyclic) bond motifs is 1. The maximum Gasteiger partial charge on any atom is 0.150 e. The highest BCUT2D eigenvalue weighted by Gasteiger charge is 2.25. The second-order valence-electron chi connectivity index (χ2n) is 5.90. The van der Waals surface area contributed by atoms with Gasteiger partial charge in [-0.25, -0.2) is 0 Å². The molecule has 0 amide bonds. The van der Waals surface area contributed by atoms with E-state index in [-0.39, 0.29) is 11.8 Å². The SMILES string of the molecule is CCc1ccsc1C1COc2c(cccc2-c2cccc(O)c2)N1. The minimum atomic E-state index is 0.187. The van der Waals surface area contributed by atoms with Gasteiger partial charge in [-0.15, -0.1) is 11.3 Å². The topological polar surface area (TPSA) is 41.5 Å². The third-order valence-corrected chi connectivity index (χ3v) is 5.45. The summed E-state index contributed by atoms with van der Waals surface area (Å²) < 4.78 is 6.15. The van der Waals surface area contributed by atoms with Crippen LogP contribution in [0.15, 0.2) is 53.9 Å². The first-order chi connectivity index (χ1) is 11.8. The average molecular weight is 337 g/mol. The molecule has 0 saturated heterocycles. The quantitative estimate of drug-likeness (QED) is 0.688. The lowest BCUT2D eigenvalue weighted by atomic mass is 10.0. The van der Waals surface area contributed by atoms with Gasteiger partial charge in [-0.05, 0) is 47.2 Å². The van der Waals surface area contributed by atoms with Crippen molar-refractivity contribution in [3.8, 4) is 22.6 Å². The number of aromatic hydroxyl groups is 1. The number of anilines is 1. The minimum absolute atomic E-state index is 0.187. The molecule has 0 aliphatic carbocycles. The maximum atomic E-state index is 9.75. The Kier molecular flexibility index (Phi) is 3.90. The first kappa shape index (κ1) is 15.1. The predicted octanol–water partition coefficient (Wildman–Crippen LogP) is 5.23. The summed E-state index contributed by atoms with van der Waals surface area (Å²) in [7, 11) is 0. The summed E-state index contributed by atoms with van der Waals surface area (Å²) in [4.78, 5) is 1.35. The number of nitrogens with one attached hydrogen (secondary N) is 1. The van der Waals surface area contributed by atoms with Gasteiger partial charge >= 0.3 is 0 Å². The zero-order valence-electron chi connectivity index (χ0n) is 13.5. The highest BCUT2D eigenvalue weighted by Crippen LogP contribution is 2.43. The van der Waals surface area contributed by atoms with Crippen LogP contribution in [-0.4, -0.2) is 11.7 Å². The smallest absolute Gasteiger partial charge is 0.150 e. The van der Waals surface area contributed by atoms with E-state index < -0.39 is 0 Å². The Morgan fingerprint density at radius 2 is 2.08 bits per heavy atom. The Balaban J connectivity index is 1.70. The number of rotatable bonds is 3. The van der Waals surface area contributed by atoms with E-state index in [9.17, 15) is 5.11 Å². The summed E-state index contributed by atoms with van der Waals surface area (Å²) in [6.07, 6.45) is 1.03. The third kappa shape index (κ3) is 2.63. The summed E-state index contributed by atoms with van der Waals surface area (Å²) in [5, 5.41) is 15.5. The highest BCUT2D eigenvalue weighted by atomic mass is 32.1. The Bertz CT molecular complexity index is 872. The van der Waals surface area contributed by atoms with Crippen LogP contribution in [0.3, 0.4) is 0 Å². The molecule has 0 radical (unpaired) electrons. The number of phenols is 1.